The second-order valence-electron chi connectivity index (χ2n) is 4.33. The van der Waals surface area contributed by atoms with Crippen LogP contribution in [0.5, 0.6) is 0 Å². The molecule has 2 aromatic carbocycles. The Kier molecular flexibility index (Phi) is 5.19. The van der Waals surface area contributed by atoms with Gasteiger partial charge < -0.3 is 10.6 Å². The van der Waals surface area contributed by atoms with Crippen molar-refractivity contribution >= 4 is 46.2 Å². The molecule has 114 valence electrons. The van der Waals surface area contributed by atoms with E-state index in [1.165, 1.54) is 24.3 Å². The van der Waals surface area contributed by atoms with Gasteiger partial charge in [-0.25, -0.2) is 0 Å². The van der Waals surface area contributed by atoms with Crippen LogP contribution in [0, 0.1) is 10.1 Å². The number of nitro benzene ring substituents is 1. The minimum Gasteiger partial charge on any atom is -0.376 e. The van der Waals surface area contributed by atoms with Gasteiger partial charge in [-0.2, -0.15) is 0 Å². The van der Waals surface area contributed by atoms with Gasteiger partial charge in [-0.1, -0.05) is 29.3 Å². The number of nitrogens with one attached hydrogen (secondary N) is 2. The molecule has 0 aliphatic carbocycles. The highest BCUT2D eigenvalue weighted by Gasteiger charge is 2.08. The monoisotopic (exact) mass is 339 g/mol. The van der Waals surface area contributed by atoms with Crippen LogP contribution in [0.15, 0.2) is 42.5 Å². The van der Waals surface area contributed by atoms with Crippen molar-refractivity contribution in [3.63, 3.8) is 0 Å². The van der Waals surface area contributed by atoms with Crippen molar-refractivity contribution in [2.24, 2.45) is 0 Å². The number of carbonyl (C=O) groups excluding carboxylic acids is 1. The van der Waals surface area contributed by atoms with E-state index in [1.807, 2.05) is 0 Å². The van der Waals surface area contributed by atoms with Crippen LogP contribution >= 0.6 is 23.2 Å². The molecule has 0 bridgehead atoms. The van der Waals surface area contributed by atoms with E-state index in [0.29, 0.717) is 21.4 Å². The smallest absolute Gasteiger partial charge is 0.271 e. The molecule has 2 N–H and O–H groups in total. The normalized spacial score (nSPS) is 10.1. The third-order valence-corrected chi connectivity index (χ3v) is 3.26. The van der Waals surface area contributed by atoms with Gasteiger partial charge in [0.2, 0.25) is 5.91 Å². The van der Waals surface area contributed by atoms with Crippen LogP contribution in [-0.2, 0) is 4.79 Å². The SMILES string of the molecule is O=C(CNc1cccc([N+](=O)[O-])c1)Nc1ccc(Cl)cc1Cl. The highest BCUT2D eigenvalue weighted by molar-refractivity contribution is 6.36. The Morgan fingerprint density at radius 2 is 1.95 bits per heavy atom. The number of rotatable bonds is 5. The van der Waals surface area contributed by atoms with Gasteiger partial charge in [0, 0.05) is 22.8 Å². The van der Waals surface area contributed by atoms with Crippen molar-refractivity contribution < 1.29 is 9.72 Å². The Labute approximate surface area is 136 Å². The van der Waals surface area contributed by atoms with E-state index in [9.17, 15) is 14.9 Å². The molecule has 8 heteroatoms. The Morgan fingerprint density at radius 1 is 1.18 bits per heavy atom. The molecule has 6 nitrogen and oxygen atoms in total. The predicted molar refractivity (Wildman–Crippen MR) is 86.7 cm³/mol. The molecule has 0 spiro atoms. The summed E-state index contributed by atoms with van der Waals surface area (Å²) in [5.41, 5.74) is 0.870. The van der Waals surface area contributed by atoms with E-state index >= 15 is 0 Å². The summed E-state index contributed by atoms with van der Waals surface area (Å²) in [5, 5.41) is 16.9. The zero-order valence-electron chi connectivity index (χ0n) is 11.2. The number of nitrogens with zero attached hydrogens (tertiary/aromatic N) is 1. The maximum absolute atomic E-state index is 11.8. The van der Waals surface area contributed by atoms with Crippen LogP contribution in [0.4, 0.5) is 17.1 Å². The maximum Gasteiger partial charge on any atom is 0.271 e. The first kappa shape index (κ1) is 16.1. The minimum absolute atomic E-state index is 0.0499. The fourth-order valence-electron chi connectivity index (χ4n) is 1.70. The molecule has 2 aromatic rings. The largest absolute Gasteiger partial charge is 0.376 e. The molecule has 0 fully saturated rings. The van der Waals surface area contributed by atoms with Crippen LogP contribution in [0.1, 0.15) is 0 Å². The Hall–Kier alpha value is -2.31. The molecule has 0 aliphatic heterocycles. The third kappa shape index (κ3) is 4.34. The summed E-state index contributed by atoms with van der Waals surface area (Å²) < 4.78 is 0. The fourth-order valence-corrected chi connectivity index (χ4v) is 2.15. The zero-order valence-corrected chi connectivity index (χ0v) is 12.7. The first-order valence-electron chi connectivity index (χ1n) is 6.19. The van der Waals surface area contributed by atoms with Gasteiger partial charge in [-0.3, -0.25) is 14.9 Å². The van der Waals surface area contributed by atoms with Gasteiger partial charge in [-0.05, 0) is 24.3 Å². The number of anilines is 2. The van der Waals surface area contributed by atoms with Crippen LogP contribution in [0.25, 0.3) is 0 Å². The maximum atomic E-state index is 11.8. The molecule has 1 amide bonds. The Bertz CT molecular complexity index is 722. The second kappa shape index (κ2) is 7.11. The molecule has 0 heterocycles. The van der Waals surface area contributed by atoms with E-state index < -0.39 is 4.92 Å². The number of amides is 1. The average molecular weight is 340 g/mol. The molecule has 0 atom stereocenters. The second-order valence-corrected chi connectivity index (χ2v) is 5.18. The number of nitro groups is 1. The lowest BCUT2D eigenvalue weighted by molar-refractivity contribution is -0.384. The van der Waals surface area contributed by atoms with Crippen molar-refractivity contribution in [1.82, 2.24) is 0 Å². The highest BCUT2D eigenvalue weighted by Crippen LogP contribution is 2.25. The van der Waals surface area contributed by atoms with Gasteiger partial charge in [-0.15, -0.1) is 0 Å². The van der Waals surface area contributed by atoms with Crippen LogP contribution < -0.4 is 10.6 Å². The number of carbonyl (C=O) groups is 1. The van der Waals surface area contributed by atoms with Crippen molar-refractivity contribution in [2.75, 3.05) is 17.2 Å². The molecular weight excluding hydrogens is 329 g/mol. The number of hydrogen-bond acceptors (Lipinski definition) is 4. The number of benzene rings is 2. The van der Waals surface area contributed by atoms with Gasteiger partial charge >= 0.3 is 0 Å². The molecule has 2 rings (SSSR count). The summed E-state index contributed by atoms with van der Waals surface area (Å²) in [4.78, 5) is 22.0. The standard InChI is InChI=1S/C14H11Cl2N3O3/c15-9-4-5-13(12(16)6-9)18-14(20)8-17-10-2-1-3-11(7-10)19(21)22/h1-7,17H,8H2,(H,18,20). The van der Waals surface area contributed by atoms with E-state index in [4.69, 9.17) is 23.2 Å². The first-order chi connectivity index (χ1) is 10.5. The predicted octanol–water partition coefficient (Wildman–Crippen LogP) is 3.95. The van der Waals surface area contributed by atoms with E-state index in [0.717, 1.165) is 0 Å². The number of non-ortho nitro benzene ring substituents is 1. The van der Waals surface area contributed by atoms with Crippen molar-refractivity contribution in [2.45, 2.75) is 0 Å². The molecule has 0 unspecified atom stereocenters. The average Bonchev–Trinajstić information content (AvgIpc) is 2.48. The van der Waals surface area contributed by atoms with Crippen LogP contribution in [0.3, 0.4) is 0 Å². The van der Waals surface area contributed by atoms with Gasteiger partial charge in [0.05, 0.1) is 22.2 Å². The molecule has 22 heavy (non-hydrogen) atoms. The lowest BCUT2D eigenvalue weighted by atomic mass is 10.3. The zero-order chi connectivity index (χ0) is 16.1. The van der Waals surface area contributed by atoms with E-state index in [1.54, 1.807) is 18.2 Å². The summed E-state index contributed by atoms with van der Waals surface area (Å²) in [7, 11) is 0. The summed E-state index contributed by atoms with van der Waals surface area (Å²) in [6.45, 7) is -0.0554. The van der Waals surface area contributed by atoms with Crippen LogP contribution in [-0.4, -0.2) is 17.4 Å². The van der Waals surface area contributed by atoms with Gasteiger partial charge in [0.1, 0.15) is 0 Å². The van der Waals surface area contributed by atoms with E-state index in [-0.39, 0.29) is 18.1 Å². The molecular formula is C14H11Cl2N3O3. The summed E-state index contributed by atoms with van der Waals surface area (Å²) in [6.07, 6.45) is 0. The third-order valence-electron chi connectivity index (χ3n) is 2.72. The molecule has 0 saturated carbocycles. The fraction of sp³-hybridized carbons (Fsp3) is 0.0714. The first-order valence-corrected chi connectivity index (χ1v) is 6.94. The Balaban J connectivity index is 1.95. The molecule has 0 aromatic heterocycles. The molecule has 0 saturated heterocycles. The summed E-state index contributed by atoms with van der Waals surface area (Å²) in [6, 6.07) is 10.6. The van der Waals surface area contributed by atoms with Crippen LogP contribution in [0.2, 0.25) is 10.0 Å². The number of halogens is 2. The van der Waals surface area contributed by atoms with Crippen molar-refractivity contribution in [3.05, 3.63) is 62.6 Å². The summed E-state index contributed by atoms with van der Waals surface area (Å²) in [5.74, 6) is -0.337. The van der Waals surface area contributed by atoms with E-state index in [2.05, 4.69) is 10.6 Å². The lowest BCUT2D eigenvalue weighted by Gasteiger charge is -2.09. The van der Waals surface area contributed by atoms with Gasteiger partial charge in [0.15, 0.2) is 0 Å². The quantitative estimate of drug-likeness (QED) is 0.637. The van der Waals surface area contributed by atoms with Crippen molar-refractivity contribution in [3.8, 4) is 0 Å². The van der Waals surface area contributed by atoms with Gasteiger partial charge in [0.25, 0.3) is 5.69 Å². The van der Waals surface area contributed by atoms with Crippen molar-refractivity contribution in [1.29, 1.82) is 0 Å². The summed E-state index contributed by atoms with van der Waals surface area (Å²) >= 11 is 11.7. The minimum atomic E-state index is -0.501. The topological polar surface area (TPSA) is 84.3 Å². The Morgan fingerprint density at radius 3 is 2.64 bits per heavy atom. The lowest BCUT2D eigenvalue weighted by Crippen LogP contribution is -2.21. The number of hydrogen-bond donors (Lipinski definition) is 2. The molecule has 0 radical (unpaired) electrons. The highest BCUT2D eigenvalue weighted by atomic mass is 35.5. The molecule has 0 aliphatic rings.